The van der Waals surface area contributed by atoms with Gasteiger partial charge in [0.1, 0.15) is 5.82 Å². The third-order valence-corrected chi connectivity index (χ3v) is 3.12. The molecule has 0 radical (unpaired) electrons. The molecule has 1 aromatic carbocycles. The van der Waals surface area contributed by atoms with E-state index in [0.717, 1.165) is 6.07 Å². The third-order valence-electron chi connectivity index (χ3n) is 2.64. The lowest BCUT2D eigenvalue weighted by atomic mass is 10.0. The fourth-order valence-corrected chi connectivity index (χ4v) is 1.92. The van der Waals surface area contributed by atoms with Crippen LogP contribution in [0.3, 0.4) is 0 Å². The fourth-order valence-electron chi connectivity index (χ4n) is 1.59. The van der Waals surface area contributed by atoms with Crippen LogP contribution in [-0.2, 0) is 12.8 Å². The molecule has 1 rings (SSSR count). The van der Waals surface area contributed by atoms with Gasteiger partial charge in [0.2, 0.25) is 0 Å². The van der Waals surface area contributed by atoms with E-state index < -0.39 is 43.9 Å². The molecule has 0 atom stereocenters. The molecule has 0 saturated heterocycles. The van der Waals surface area contributed by atoms with Crippen molar-refractivity contribution in [3.63, 3.8) is 0 Å². The lowest BCUT2D eigenvalue weighted by Gasteiger charge is -2.12. The average molecular weight is 320 g/mol. The van der Waals surface area contributed by atoms with Crippen LogP contribution >= 0.6 is 12.6 Å². The first-order valence-electron chi connectivity index (χ1n) is 5.62. The summed E-state index contributed by atoms with van der Waals surface area (Å²) in [7, 11) is 0. The van der Waals surface area contributed by atoms with Gasteiger partial charge < -0.3 is 0 Å². The van der Waals surface area contributed by atoms with Crippen molar-refractivity contribution >= 4 is 12.6 Å². The van der Waals surface area contributed by atoms with Gasteiger partial charge in [-0.25, -0.2) is 4.39 Å². The van der Waals surface area contributed by atoms with Crippen molar-refractivity contribution in [2.45, 2.75) is 42.9 Å². The summed E-state index contributed by atoms with van der Waals surface area (Å²) < 4.78 is 86.0. The maximum atomic E-state index is 13.7. The average Bonchev–Trinajstić information content (AvgIpc) is 2.27. The molecule has 0 amide bonds. The SMILES string of the molecule is Fc1c(CCC(F)(F)F)ccc(CCC(F)(F)F)c1S. The maximum absolute atomic E-state index is 13.7. The van der Waals surface area contributed by atoms with Gasteiger partial charge in [-0.15, -0.1) is 12.6 Å². The Kier molecular flexibility index (Phi) is 5.34. The molecular formula is C12H11F7S. The largest absolute Gasteiger partial charge is 0.389 e. The van der Waals surface area contributed by atoms with E-state index in [1.54, 1.807) is 0 Å². The van der Waals surface area contributed by atoms with E-state index in [0.29, 0.717) is 0 Å². The van der Waals surface area contributed by atoms with E-state index in [9.17, 15) is 30.7 Å². The number of hydrogen-bond acceptors (Lipinski definition) is 1. The topological polar surface area (TPSA) is 0 Å². The molecule has 0 fully saturated rings. The second kappa shape index (κ2) is 6.24. The highest BCUT2D eigenvalue weighted by Crippen LogP contribution is 2.29. The first-order valence-corrected chi connectivity index (χ1v) is 6.07. The lowest BCUT2D eigenvalue weighted by molar-refractivity contribution is -0.135. The number of hydrogen-bond donors (Lipinski definition) is 1. The van der Waals surface area contributed by atoms with Crippen molar-refractivity contribution in [2.24, 2.45) is 0 Å². The van der Waals surface area contributed by atoms with E-state index in [4.69, 9.17) is 0 Å². The molecule has 0 spiro atoms. The minimum Gasteiger partial charge on any atom is -0.205 e. The summed E-state index contributed by atoms with van der Waals surface area (Å²) >= 11 is 3.75. The Balaban J connectivity index is 2.81. The number of rotatable bonds is 4. The Morgan fingerprint density at radius 2 is 1.20 bits per heavy atom. The van der Waals surface area contributed by atoms with E-state index in [1.165, 1.54) is 6.07 Å². The van der Waals surface area contributed by atoms with Crippen molar-refractivity contribution in [1.82, 2.24) is 0 Å². The minimum atomic E-state index is -4.42. The Bertz CT molecular complexity index is 419. The third kappa shape index (κ3) is 5.60. The predicted octanol–water partition coefficient (Wildman–Crippen LogP) is 5.10. The lowest BCUT2D eigenvalue weighted by Crippen LogP contribution is -2.11. The number of benzene rings is 1. The second-order valence-electron chi connectivity index (χ2n) is 4.28. The Hall–Kier alpha value is -0.920. The van der Waals surface area contributed by atoms with Gasteiger partial charge in [-0.1, -0.05) is 12.1 Å². The molecule has 0 nitrogen and oxygen atoms in total. The summed E-state index contributed by atoms with van der Waals surface area (Å²) in [5.74, 6) is -0.989. The van der Waals surface area contributed by atoms with Crippen LogP contribution in [-0.4, -0.2) is 12.4 Å². The van der Waals surface area contributed by atoms with Gasteiger partial charge in [0.05, 0.1) is 0 Å². The van der Waals surface area contributed by atoms with Crippen LogP contribution in [0.5, 0.6) is 0 Å². The summed E-state index contributed by atoms with van der Waals surface area (Å²) in [6.07, 6.45) is -12.2. The number of thiol groups is 1. The van der Waals surface area contributed by atoms with E-state index in [-0.39, 0.29) is 16.0 Å². The van der Waals surface area contributed by atoms with E-state index in [1.807, 2.05) is 0 Å². The molecule has 1 aromatic rings. The van der Waals surface area contributed by atoms with E-state index in [2.05, 4.69) is 12.6 Å². The fraction of sp³-hybridized carbons (Fsp3) is 0.500. The number of aryl methyl sites for hydroxylation is 2. The predicted molar refractivity (Wildman–Crippen MR) is 62.4 cm³/mol. The highest BCUT2D eigenvalue weighted by molar-refractivity contribution is 7.80. The summed E-state index contributed by atoms with van der Waals surface area (Å²) in [6.45, 7) is 0. The monoisotopic (exact) mass is 320 g/mol. The van der Waals surface area contributed by atoms with Crippen LogP contribution in [0, 0.1) is 5.82 Å². The summed E-state index contributed by atoms with van der Waals surface area (Å²) in [4.78, 5) is -0.325. The van der Waals surface area contributed by atoms with Gasteiger partial charge in [-0.2, -0.15) is 26.3 Å². The van der Waals surface area contributed by atoms with Crippen molar-refractivity contribution < 1.29 is 30.7 Å². The second-order valence-corrected chi connectivity index (χ2v) is 4.72. The van der Waals surface area contributed by atoms with Gasteiger partial charge >= 0.3 is 12.4 Å². The van der Waals surface area contributed by atoms with Gasteiger partial charge in [0, 0.05) is 17.7 Å². The minimum absolute atomic E-state index is 0.0268. The Morgan fingerprint density at radius 3 is 1.65 bits per heavy atom. The molecule has 0 heterocycles. The first-order chi connectivity index (χ1) is 8.99. The normalized spacial score (nSPS) is 12.8. The standard InChI is InChI=1S/C12H11F7S/c13-9-7(3-5-11(14,15)16)1-2-8(10(9)20)4-6-12(17,18)19/h1-2,20H,3-6H2. The van der Waals surface area contributed by atoms with Crippen molar-refractivity contribution in [1.29, 1.82) is 0 Å². The van der Waals surface area contributed by atoms with Crippen molar-refractivity contribution in [3.8, 4) is 0 Å². The number of alkyl halides is 6. The summed E-state index contributed by atoms with van der Waals surface area (Å²) in [5, 5.41) is 0. The quantitative estimate of drug-likeness (QED) is 0.579. The highest BCUT2D eigenvalue weighted by Gasteiger charge is 2.29. The molecule has 0 aliphatic rings. The highest BCUT2D eigenvalue weighted by atomic mass is 32.1. The number of halogens is 7. The molecule has 0 saturated carbocycles. The van der Waals surface area contributed by atoms with Crippen molar-refractivity contribution in [3.05, 3.63) is 29.1 Å². The molecule has 8 heteroatoms. The molecule has 0 N–H and O–H groups in total. The molecule has 114 valence electrons. The molecule has 0 aliphatic heterocycles. The Morgan fingerprint density at radius 1 is 0.800 bits per heavy atom. The molecule has 20 heavy (non-hydrogen) atoms. The van der Waals surface area contributed by atoms with Crippen molar-refractivity contribution in [2.75, 3.05) is 0 Å². The van der Waals surface area contributed by atoms with Gasteiger partial charge in [-0.05, 0) is 24.0 Å². The zero-order valence-electron chi connectivity index (χ0n) is 10.1. The maximum Gasteiger partial charge on any atom is 0.389 e. The molecule has 0 aromatic heterocycles. The van der Waals surface area contributed by atoms with Crippen LogP contribution in [0.2, 0.25) is 0 Å². The molecule has 0 bridgehead atoms. The molecule has 0 unspecified atom stereocenters. The zero-order chi connectivity index (χ0) is 15.6. The smallest absolute Gasteiger partial charge is 0.205 e. The molecular weight excluding hydrogens is 309 g/mol. The van der Waals surface area contributed by atoms with Crippen LogP contribution in [0.4, 0.5) is 30.7 Å². The van der Waals surface area contributed by atoms with Crippen LogP contribution in [0.15, 0.2) is 17.0 Å². The van der Waals surface area contributed by atoms with Crippen LogP contribution in [0.1, 0.15) is 24.0 Å². The van der Waals surface area contributed by atoms with Gasteiger partial charge in [0.25, 0.3) is 0 Å². The summed E-state index contributed by atoms with van der Waals surface area (Å²) in [5.41, 5.74) is -0.179. The first kappa shape index (κ1) is 17.1. The zero-order valence-corrected chi connectivity index (χ0v) is 11.0. The van der Waals surface area contributed by atoms with Gasteiger partial charge in [-0.3, -0.25) is 0 Å². The Labute approximate surface area is 116 Å². The van der Waals surface area contributed by atoms with Crippen LogP contribution < -0.4 is 0 Å². The summed E-state index contributed by atoms with van der Waals surface area (Å²) in [6, 6.07) is 2.26. The molecule has 0 aliphatic carbocycles. The van der Waals surface area contributed by atoms with E-state index >= 15 is 0 Å². The van der Waals surface area contributed by atoms with Crippen LogP contribution in [0.25, 0.3) is 0 Å². The van der Waals surface area contributed by atoms with Gasteiger partial charge in [0.15, 0.2) is 0 Å².